The molecular formula is C13H15BrClNO3S. The van der Waals surface area contributed by atoms with E-state index in [1.165, 1.54) is 12.1 Å². The lowest BCUT2D eigenvalue weighted by molar-refractivity contribution is 0.0950. The zero-order chi connectivity index (χ0) is 15.1. The first-order chi connectivity index (χ1) is 9.11. The van der Waals surface area contributed by atoms with Gasteiger partial charge in [-0.25, -0.2) is 8.42 Å². The van der Waals surface area contributed by atoms with Gasteiger partial charge in [-0.3, -0.25) is 4.79 Å². The fourth-order valence-corrected chi connectivity index (χ4v) is 4.19. The van der Waals surface area contributed by atoms with Gasteiger partial charge in [0.25, 0.3) is 15.0 Å². The van der Waals surface area contributed by atoms with Gasteiger partial charge in [0, 0.05) is 27.3 Å². The lowest BCUT2D eigenvalue weighted by atomic mass is 10.1. The van der Waals surface area contributed by atoms with E-state index in [1.807, 2.05) is 0 Å². The molecule has 1 aromatic rings. The second-order valence-corrected chi connectivity index (χ2v) is 9.07. The normalized spacial score (nSPS) is 20.5. The molecule has 1 fully saturated rings. The molecule has 0 heterocycles. The van der Waals surface area contributed by atoms with Crippen molar-refractivity contribution < 1.29 is 13.2 Å². The van der Waals surface area contributed by atoms with E-state index in [1.54, 1.807) is 6.07 Å². The molecular weight excluding hydrogens is 366 g/mol. The smallest absolute Gasteiger partial charge is 0.262 e. The minimum absolute atomic E-state index is 0.0985. The molecule has 7 heteroatoms. The van der Waals surface area contributed by atoms with Crippen LogP contribution in [0.1, 0.15) is 30.6 Å². The van der Waals surface area contributed by atoms with Crippen LogP contribution in [0.4, 0.5) is 0 Å². The number of rotatable bonds is 4. The zero-order valence-electron chi connectivity index (χ0n) is 11.1. The maximum absolute atomic E-state index is 12.0. The highest BCUT2D eigenvalue weighted by molar-refractivity contribution is 9.10. The Kier molecular flexibility index (Phi) is 4.19. The molecule has 20 heavy (non-hydrogen) atoms. The Balaban J connectivity index is 2.11. The van der Waals surface area contributed by atoms with Crippen LogP contribution in [-0.2, 0) is 9.05 Å². The standard InChI is InChI=1S/C13H15BrClNO3S/c1-13(2)6-9(13)7-16-12(17)8-3-4-10(14)11(5-8)20(15,18)19/h3-5,9H,6-7H2,1-2H3,(H,16,17). The zero-order valence-corrected chi connectivity index (χ0v) is 14.3. The molecule has 0 aliphatic heterocycles. The van der Waals surface area contributed by atoms with Crippen molar-refractivity contribution in [2.75, 3.05) is 6.54 Å². The van der Waals surface area contributed by atoms with Crippen LogP contribution in [0.25, 0.3) is 0 Å². The topological polar surface area (TPSA) is 63.2 Å². The molecule has 0 saturated heterocycles. The predicted octanol–water partition coefficient (Wildman–Crippen LogP) is 3.15. The number of amides is 1. The lowest BCUT2D eigenvalue weighted by Crippen LogP contribution is -2.26. The number of nitrogens with one attached hydrogen (secondary N) is 1. The summed E-state index contributed by atoms with van der Waals surface area (Å²) in [6, 6.07) is 4.34. The fraction of sp³-hybridized carbons (Fsp3) is 0.462. The third-order valence-corrected chi connectivity index (χ3v) is 6.00. The second-order valence-electron chi connectivity index (χ2n) is 5.68. The van der Waals surface area contributed by atoms with Crippen molar-refractivity contribution >= 4 is 41.6 Å². The average molecular weight is 381 g/mol. The molecule has 0 spiro atoms. The van der Waals surface area contributed by atoms with Crippen LogP contribution < -0.4 is 5.32 Å². The number of hydrogen-bond donors (Lipinski definition) is 1. The van der Waals surface area contributed by atoms with E-state index in [9.17, 15) is 13.2 Å². The fourth-order valence-electron chi connectivity index (χ4n) is 2.07. The van der Waals surface area contributed by atoms with Crippen LogP contribution >= 0.6 is 26.6 Å². The van der Waals surface area contributed by atoms with Gasteiger partial charge in [0.2, 0.25) is 0 Å². The van der Waals surface area contributed by atoms with Crippen LogP contribution in [0.15, 0.2) is 27.6 Å². The van der Waals surface area contributed by atoms with Gasteiger partial charge in [0.1, 0.15) is 0 Å². The Morgan fingerprint density at radius 2 is 2.10 bits per heavy atom. The van der Waals surface area contributed by atoms with E-state index in [2.05, 4.69) is 35.1 Å². The monoisotopic (exact) mass is 379 g/mol. The number of carbonyl (C=O) groups is 1. The highest BCUT2D eigenvalue weighted by Gasteiger charge is 2.45. The van der Waals surface area contributed by atoms with Gasteiger partial charge in [0.15, 0.2) is 0 Å². The lowest BCUT2D eigenvalue weighted by Gasteiger charge is -2.08. The molecule has 2 rings (SSSR count). The second kappa shape index (κ2) is 5.31. The van der Waals surface area contributed by atoms with E-state index in [0.717, 1.165) is 6.42 Å². The van der Waals surface area contributed by atoms with Crippen molar-refractivity contribution in [3.05, 3.63) is 28.2 Å². The van der Waals surface area contributed by atoms with Gasteiger partial charge >= 0.3 is 0 Å². The van der Waals surface area contributed by atoms with Crippen LogP contribution in [0.5, 0.6) is 0 Å². The molecule has 1 aliphatic carbocycles. The summed E-state index contributed by atoms with van der Waals surface area (Å²) in [7, 11) is 1.44. The third-order valence-electron chi connectivity index (χ3n) is 3.68. The van der Waals surface area contributed by atoms with E-state index in [0.29, 0.717) is 16.9 Å². The summed E-state index contributed by atoms with van der Waals surface area (Å²) in [5, 5.41) is 2.82. The van der Waals surface area contributed by atoms with Gasteiger partial charge in [-0.1, -0.05) is 13.8 Å². The quantitative estimate of drug-likeness (QED) is 0.816. The molecule has 1 amide bonds. The minimum atomic E-state index is -3.88. The molecule has 4 nitrogen and oxygen atoms in total. The largest absolute Gasteiger partial charge is 0.352 e. The van der Waals surface area contributed by atoms with E-state index in [-0.39, 0.29) is 21.8 Å². The summed E-state index contributed by atoms with van der Waals surface area (Å²) in [5.41, 5.74) is 0.573. The third kappa shape index (κ3) is 3.54. The molecule has 0 bridgehead atoms. The Bertz CT molecular complexity index is 658. The van der Waals surface area contributed by atoms with E-state index in [4.69, 9.17) is 10.7 Å². The van der Waals surface area contributed by atoms with E-state index >= 15 is 0 Å². The molecule has 1 N–H and O–H groups in total. The Labute approximate surface area is 131 Å². The summed E-state index contributed by atoms with van der Waals surface area (Å²) < 4.78 is 23.1. The molecule has 1 aromatic carbocycles. The number of benzene rings is 1. The number of hydrogen-bond acceptors (Lipinski definition) is 3. The highest BCUT2D eigenvalue weighted by Crippen LogP contribution is 2.50. The van der Waals surface area contributed by atoms with Gasteiger partial charge in [-0.2, -0.15) is 0 Å². The minimum Gasteiger partial charge on any atom is -0.352 e. The van der Waals surface area contributed by atoms with Crippen LogP contribution in [-0.4, -0.2) is 20.9 Å². The highest BCUT2D eigenvalue weighted by atomic mass is 79.9. The van der Waals surface area contributed by atoms with Crippen LogP contribution in [0.3, 0.4) is 0 Å². The maximum Gasteiger partial charge on any atom is 0.262 e. The molecule has 110 valence electrons. The summed E-state index contributed by atoms with van der Waals surface area (Å²) >= 11 is 3.11. The first kappa shape index (κ1) is 15.8. The van der Waals surface area contributed by atoms with Gasteiger partial charge < -0.3 is 5.32 Å². The molecule has 1 saturated carbocycles. The predicted molar refractivity (Wildman–Crippen MR) is 81.4 cm³/mol. The molecule has 0 radical (unpaired) electrons. The SMILES string of the molecule is CC1(C)CC1CNC(=O)c1ccc(Br)c(S(=O)(=O)Cl)c1. The Hall–Kier alpha value is -0.590. The van der Waals surface area contributed by atoms with Gasteiger partial charge in [-0.15, -0.1) is 0 Å². The molecule has 0 aromatic heterocycles. The summed E-state index contributed by atoms with van der Waals surface area (Å²) in [4.78, 5) is 11.9. The Morgan fingerprint density at radius 3 is 2.60 bits per heavy atom. The first-order valence-corrected chi connectivity index (χ1v) is 9.24. The molecule has 1 atom stereocenters. The average Bonchev–Trinajstić information content (AvgIpc) is 2.93. The number of halogens is 2. The van der Waals surface area contributed by atoms with Gasteiger partial charge in [0.05, 0.1) is 4.90 Å². The van der Waals surface area contributed by atoms with Crippen molar-refractivity contribution in [2.45, 2.75) is 25.2 Å². The first-order valence-electron chi connectivity index (χ1n) is 6.14. The molecule has 1 unspecified atom stereocenters. The summed E-state index contributed by atoms with van der Waals surface area (Å²) in [6.07, 6.45) is 1.09. The van der Waals surface area contributed by atoms with Crippen molar-refractivity contribution in [2.24, 2.45) is 11.3 Å². The van der Waals surface area contributed by atoms with Gasteiger partial charge in [-0.05, 0) is 51.9 Å². The van der Waals surface area contributed by atoms with Crippen molar-refractivity contribution in [1.82, 2.24) is 5.32 Å². The van der Waals surface area contributed by atoms with E-state index < -0.39 is 9.05 Å². The van der Waals surface area contributed by atoms with Crippen molar-refractivity contribution in [1.29, 1.82) is 0 Å². The maximum atomic E-state index is 12.0. The summed E-state index contributed by atoms with van der Waals surface area (Å²) in [6.45, 7) is 4.91. The number of carbonyl (C=O) groups excluding carboxylic acids is 1. The van der Waals surface area contributed by atoms with Crippen molar-refractivity contribution in [3.63, 3.8) is 0 Å². The molecule has 1 aliphatic rings. The Morgan fingerprint density at radius 1 is 1.50 bits per heavy atom. The summed E-state index contributed by atoms with van der Waals surface area (Å²) in [5.74, 6) is 0.194. The van der Waals surface area contributed by atoms with Crippen molar-refractivity contribution in [3.8, 4) is 0 Å². The van der Waals surface area contributed by atoms with Crippen LogP contribution in [0.2, 0.25) is 0 Å². The van der Waals surface area contributed by atoms with Crippen LogP contribution in [0, 0.1) is 11.3 Å².